The third kappa shape index (κ3) is 3.16. The van der Waals surface area contributed by atoms with Gasteiger partial charge in [-0.15, -0.1) is 0 Å². The molecular weight excluding hydrogens is 232 g/mol. The monoisotopic (exact) mass is 246 g/mol. The summed E-state index contributed by atoms with van der Waals surface area (Å²) in [6, 6.07) is 8.09. The molecule has 2 aromatic rings. The highest BCUT2D eigenvalue weighted by molar-refractivity contribution is 5.71. The van der Waals surface area contributed by atoms with E-state index in [-0.39, 0.29) is 18.3 Å². The fraction of sp³-hybridized carbons (Fsp3) is 0.308. The van der Waals surface area contributed by atoms with Gasteiger partial charge in [-0.2, -0.15) is 4.98 Å². The van der Waals surface area contributed by atoms with Crippen molar-refractivity contribution in [2.45, 2.75) is 19.8 Å². The van der Waals surface area contributed by atoms with Gasteiger partial charge in [0.05, 0.1) is 7.11 Å². The van der Waals surface area contributed by atoms with Gasteiger partial charge in [0.1, 0.15) is 6.42 Å². The number of carbonyl (C=O) groups excluding carboxylic acids is 1. The van der Waals surface area contributed by atoms with Gasteiger partial charge in [0, 0.05) is 6.42 Å². The number of rotatable bonds is 4. The van der Waals surface area contributed by atoms with E-state index in [1.54, 1.807) is 0 Å². The minimum Gasteiger partial charge on any atom is -0.469 e. The van der Waals surface area contributed by atoms with Crippen LogP contribution in [0.15, 0.2) is 28.8 Å². The van der Waals surface area contributed by atoms with Gasteiger partial charge in [0.15, 0.2) is 5.82 Å². The lowest BCUT2D eigenvalue weighted by molar-refractivity contribution is -0.140. The lowest BCUT2D eigenvalue weighted by atomic mass is 10.1. The second-order valence-corrected chi connectivity index (χ2v) is 4.02. The smallest absolute Gasteiger partial charge is 0.315 e. The number of hydrogen-bond acceptors (Lipinski definition) is 5. The number of carbonyl (C=O) groups is 1. The Kier molecular flexibility index (Phi) is 3.72. The molecule has 0 unspecified atom stereocenters. The summed E-state index contributed by atoms with van der Waals surface area (Å²) in [6.45, 7) is 2.03. The number of esters is 1. The van der Waals surface area contributed by atoms with Gasteiger partial charge in [-0.05, 0) is 12.5 Å². The van der Waals surface area contributed by atoms with Crippen molar-refractivity contribution >= 4 is 5.97 Å². The highest BCUT2D eigenvalue weighted by Gasteiger charge is 2.11. The molecule has 1 aromatic heterocycles. The van der Waals surface area contributed by atoms with E-state index in [0.29, 0.717) is 12.2 Å². The fourth-order valence-corrected chi connectivity index (χ4v) is 1.63. The molecule has 0 aliphatic heterocycles. The molecule has 1 heterocycles. The van der Waals surface area contributed by atoms with Crippen LogP contribution in [0.5, 0.6) is 0 Å². The molecule has 0 bridgehead atoms. The van der Waals surface area contributed by atoms with Crippen LogP contribution >= 0.6 is 0 Å². The van der Waals surface area contributed by atoms with Crippen LogP contribution < -0.4 is 0 Å². The van der Waals surface area contributed by atoms with Gasteiger partial charge >= 0.3 is 5.97 Å². The van der Waals surface area contributed by atoms with Crippen LogP contribution in [0, 0.1) is 6.92 Å². The average molecular weight is 246 g/mol. The number of nitrogens with zero attached hydrogens (tertiary/aromatic N) is 2. The summed E-state index contributed by atoms with van der Waals surface area (Å²) in [5.74, 6) is 0.463. The summed E-state index contributed by atoms with van der Waals surface area (Å²) < 4.78 is 9.51. The largest absolute Gasteiger partial charge is 0.469 e. The van der Waals surface area contributed by atoms with Crippen LogP contribution in [-0.4, -0.2) is 23.2 Å². The molecule has 0 aliphatic rings. The van der Waals surface area contributed by atoms with E-state index < -0.39 is 0 Å². The van der Waals surface area contributed by atoms with Crippen molar-refractivity contribution < 1.29 is 14.1 Å². The molecule has 0 radical (unpaired) electrons. The van der Waals surface area contributed by atoms with E-state index in [9.17, 15) is 4.79 Å². The van der Waals surface area contributed by atoms with E-state index in [2.05, 4.69) is 20.9 Å². The van der Waals surface area contributed by atoms with Crippen LogP contribution in [0.3, 0.4) is 0 Å². The lowest BCUT2D eigenvalue weighted by Crippen LogP contribution is -2.04. The maximum Gasteiger partial charge on any atom is 0.315 e. The van der Waals surface area contributed by atoms with E-state index in [4.69, 9.17) is 4.52 Å². The zero-order chi connectivity index (χ0) is 13.0. The Morgan fingerprint density at radius 3 is 3.00 bits per heavy atom. The molecule has 5 heteroatoms. The number of methoxy groups -OCH3 is 1. The first kappa shape index (κ1) is 12.3. The number of hydrogen-bond donors (Lipinski definition) is 0. The Bertz CT molecular complexity index is 549. The molecule has 0 saturated heterocycles. The maximum atomic E-state index is 11.0. The van der Waals surface area contributed by atoms with E-state index in [1.165, 1.54) is 12.7 Å². The van der Waals surface area contributed by atoms with Gasteiger partial charge in [-0.25, -0.2) is 0 Å². The molecule has 2 rings (SSSR count). The van der Waals surface area contributed by atoms with Gasteiger partial charge in [0.2, 0.25) is 5.89 Å². The third-order valence-electron chi connectivity index (χ3n) is 2.48. The van der Waals surface area contributed by atoms with E-state index in [0.717, 1.165) is 5.56 Å². The standard InChI is InChI=1S/C13H14N2O3/c1-9-4-3-5-10(6-9)7-11-14-12(18-15-11)8-13(16)17-2/h3-6H,7-8H2,1-2H3. The summed E-state index contributed by atoms with van der Waals surface area (Å²) >= 11 is 0. The van der Waals surface area contributed by atoms with Crippen molar-refractivity contribution in [1.29, 1.82) is 0 Å². The molecule has 0 aliphatic carbocycles. The van der Waals surface area contributed by atoms with Crippen LogP contribution in [0.2, 0.25) is 0 Å². The van der Waals surface area contributed by atoms with Crippen molar-refractivity contribution in [3.63, 3.8) is 0 Å². The van der Waals surface area contributed by atoms with Gasteiger partial charge in [-0.1, -0.05) is 35.0 Å². The number of aromatic nitrogens is 2. The fourth-order valence-electron chi connectivity index (χ4n) is 1.63. The molecule has 0 spiro atoms. The predicted octanol–water partition coefficient (Wildman–Crippen LogP) is 1.68. The maximum absolute atomic E-state index is 11.0. The zero-order valence-corrected chi connectivity index (χ0v) is 10.3. The van der Waals surface area contributed by atoms with Crippen molar-refractivity contribution in [3.05, 3.63) is 47.1 Å². The first-order valence-electron chi connectivity index (χ1n) is 5.61. The second kappa shape index (κ2) is 5.44. The first-order valence-corrected chi connectivity index (χ1v) is 5.61. The number of ether oxygens (including phenoxy) is 1. The number of aryl methyl sites for hydroxylation is 1. The van der Waals surface area contributed by atoms with Crippen LogP contribution in [0.4, 0.5) is 0 Å². The van der Waals surface area contributed by atoms with E-state index >= 15 is 0 Å². The average Bonchev–Trinajstić information content (AvgIpc) is 2.76. The summed E-state index contributed by atoms with van der Waals surface area (Å²) in [6.07, 6.45) is 0.601. The molecular formula is C13H14N2O3. The Balaban J connectivity index is 2.04. The highest BCUT2D eigenvalue weighted by atomic mass is 16.5. The zero-order valence-electron chi connectivity index (χ0n) is 10.3. The Hall–Kier alpha value is -2.17. The first-order chi connectivity index (χ1) is 8.67. The molecule has 0 amide bonds. The third-order valence-corrected chi connectivity index (χ3v) is 2.48. The molecule has 1 aromatic carbocycles. The highest BCUT2D eigenvalue weighted by Crippen LogP contribution is 2.09. The quantitative estimate of drug-likeness (QED) is 0.768. The van der Waals surface area contributed by atoms with Gasteiger partial charge < -0.3 is 9.26 Å². The molecule has 0 fully saturated rings. The molecule has 0 saturated carbocycles. The van der Waals surface area contributed by atoms with Crippen molar-refractivity contribution in [3.8, 4) is 0 Å². The Morgan fingerprint density at radius 2 is 2.28 bits per heavy atom. The Labute approximate surface area is 105 Å². The molecule has 18 heavy (non-hydrogen) atoms. The van der Waals surface area contributed by atoms with Crippen LogP contribution in [0.25, 0.3) is 0 Å². The van der Waals surface area contributed by atoms with Gasteiger partial charge in [-0.3, -0.25) is 4.79 Å². The van der Waals surface area contributed by atoms with Crippen LogP contribution in [0.1, 0.15) is 22.8 Å². The molecule has 94 valence electrons. The normalized spacial score (nSPS) is 10.3. The SMILES string of the molecule is COC(=O)Cc1nc(Cc2cccc(C)c2)no1. The molecule has 5 nitrogen and oxygen atoms in total. The summed E-state index contributed by atoms with van der Waals surface area (Å²) in [7, 11) is 1.33. The minimum atomic E-state index is -0.388. The molecule has 0 N–H and O–H groups in total. The lowest BCUT2D eigenvalue weighted by Gasteiger charge is -1.97. The predicted molar refractivity (Wildman–Crippen MR) is 64.0 cm³/mol. The van der Waals surface area contributed by atoms with Crippen molar-refractivity contribution in [1.82, 2.24) is 10.1 Å². The summed E-state index contributed by atoms with van der Waals surface area (Å²) in [5, 5.41) is 3.83. The summed E-state index contributed by atoms with van der Waals surface area (Å²) in [5.41, 5.74) is 2.30. The Morgan fingerprint density at radius 1 is 1.44 bits per heavy atom. The van der Waals surface area contributed by atoms with Gasteiger partial charge in [0.25, 0.3) is 0 Å². The summed E-state index contributed by atoms with van der Waals surface area (Å²) in [4.78, 5) is 15.2. The number of benzene rings is 1. The van der Waals surface area contributed by atoms with Crippen molar-refractivity contribution in [2.24, 2.45) is 0 Å². The van der Waals surface area contributed by atoms with Crippen molar-refractivity contribution in [2.75, 3.05) is 7.11 Å². The van der Waals surface area contributed by atoms with Crippen LogP contribution in [-0.2, 0) is 22.4 Å². The van der Waals surface area contributed by atoms with E-state index in [1.807, 2.05) is 25.1 Å². The second-order valence-electron chi connectivity index (χ2n) is 4.02. The minimum absolute atomic E-state index is 0.0112. The molecule has 0 atom stereocenters. The topological polar surface area (TPSA) is 65.2 Å².